The van der Waals surface area contributed by atoms with Crippen LogP contribution in [0, 0.1) is 0 Å². The van der Waals surface area contributed by atoms with Crippen molar-refractivity contribution in [2.24, 2.45) is 0 Å². The summed E-state index contributed by atoms with van der Waals surface area (Å²) in [5, 5.41) is 2.68. The first kappa shape index (κ1) is 13.5. The number of anilines is 2. The third-order valence-corrected chi connectivity index (χ3v) is 3.33. The van der Waals surface area contributed by atoms with E-state index in [4.69, 9.17) is 4.74 Å². The SMILES string of the molecule is COC(=O)Nc1cc(N2CCCCC2)ccc1OC. The Balaban J connectivity index is 2.21. The molecule has 104 valence electrons. The zero-order chi connectivity index (χ0) is 13.7. The zero-order valence-corrected chi connectivity index (χ0v) is 11.4. The molecule has 1 saturated heterocycles. The lowest BCUT2D eigenvalue weighted by Crippen LogP contribution is -2.29. The lowest BCUT2D eigenvalue weighted by molar-refractivity contribution is 0.187. The topological polar surface area (TPSA) is 50.8 Å². The molecule has 1 aliphatic heterocycles. The first-order valence-electron chi connectivity index (χ1n) is 6.52. The van der Waals surface area contributed by atoms with Crippen molar-refractivity contribution in [2.45, 2.75) is 19.3 Å². The summed E-state index contributed by atoms with van der Waals surface area (Å²) in [6, 6.07) is 5.82. The first-order valence-corrected chi connectivity index (χ1v) is 6.52. The van der Waals surface area contributed by atoms with Gasteiger partial charge < -0.3 is 14.4 Å². The van der Waals surface area contributed by atoms with Crippen molar-refractivity contribution in [1.82, 2.24) is 0 Å². The van der Waals surface area contributed by atoms with Crippen LogP contribution in [0.3, 0.4) is 0 Å². The number of nitrogens with zero attached hydrogens (tertiary/aromatic N) is 1. The average molecular weight is 264 g/mol. The standard InChI is InChI=1S/C14H20N2O3/c1-18-13-7-6-11(16-8-4-3-5-9-16)10-12(13)15-14(17)19-2/h6-7,10H,3-5,8-9H2,1-2H3,(H,15,17). The van der Waals surface area contributed by atoms with Crippen LogP contribution in [0.1, 0.15) is 19.3 Å². The Morgan fingerprint density at radius 1 is 1.21 bits per heavy atom. The molecule has 1 aromatic rings. The molecule has 1 heterocycles. The van der Waals surface area contributed by atoms with Crippen LogP contribution < -0.4 is 15.0 Å². The fraction of sp³-hybridized carbons (Fsp3) is 0.500. The molecule has 0 saturated carbocycles. The minimum atomic E-state index is -0.492. The van der Waals surface area contributed by atoms with Crippen LogP contribution in [-0.4, -0.2) is 33.4 Å². The number of piperidine rings is 1. The molecule has 2 rings (SSSR count). The first-order chi connectivity index (χ1) is 9.24. The summed E-state index contributed by atoms with van der Waals surface area (Å²) in [6.45, 7) is 2.12. The Morgan fingerprint density at radius 2 is 1.95 bits per heavy atom. The van der Waals surface area contributed by atoms with E-state index < -0.39 is 6.09 Å². The fourth-order valence-corrected chi connectivity index (χ4v) is 2.30. The molecule has 0 spiro atoms. The van der Waals surface area contributed by atoms with Gasteiger partial charge in [-0.05, 0) is 37.5 Å². The van der Waals surface area contributed by atoms with Gasteiger partial charge in [0.15, 0.2) is 0 Å². The molecule has 19 heavy (non-hydrogen) atoms. The lowest BCUT2D eigenvalue weighted by atomic mass is 10.1. The second-order valence-electron chi connectivity index (χ2n) is 4.55. The minimum Gasteiger partial charge on any atom is -0.495 e. The van der Waals surface area contributed by atoms with Gasteiger partial charge >= 0.3 is 6.09 Å². The maximum absolute atomic E-state index is 11.3. The summed E-state index contributed by atoms with van der Waals surface area (Å²) in [6.07, 6.45) is 3.23. The Bertz CT molecular complexity index is 442. The summed E-state index contributed by atoms with van der Waals surface area (Å²) >= 11 is 0. The summed E-state index contributed by atoms with van der Waals surface area (Å²) in [5.41, 5.74) is 1.74. The highest BCUT2D eigenvalue weighted by Crippen LogP contribution is 2.31. The zero-order valence-electron chi connectivity index (χ0n) is 11.4. The quantitative estimate of drug-likeness (QED) is 0.912. The predicted molar refractivity (Wildman–Crippen MR) is 75.1 cm³/mol. The normalized spacial score (nSPS) is 14.9. The molecule has 0 unspecified atom stereocenters. The molecular weight excluding hydrogens is 244 g/mol. The fourth-order valence-electron chi connectivity index (χ4n) is 2.30. The van der Waals surface area contributed by atoms with E-state index in [9.17, 15) is 4.79 Å². The third-order valence-electron chi connectivity index (χ3n) is 3.33. The van der Waals surface area contributed by atoms with Gasteiger partial charge in [0.2, 0.25) is 0 Å². The number of amides is 1. The molecular formula is C14H20N2O3. The van der Waals surface area contributed by atoms with E-state index in [0.717, 1.165) is 18.8 Å². The molecule has 0 bridgehead atoms. The van der Waals surface area contributed by atoms with Gasteiger partial charge in [0.25, 0.3) is 0 Å². The van der Waals surface area contributed by atoms with Gasteiger partial charge in [-0.15, -0.1) is 0 Å². The van der Waals surface area contributed by atoms with Gasteiger partial charge in [0.05, 0.1) is 19.9 Å². The smallest absolute Gasteiger partial charge is 0.411 e. The Kier molecular flexibility index (Phi) is 4.49. The van der Waals surface area contributed by atoms with Gasteiger partial charge in [-0.3, -0.25) is 5.32 Å². The van der Waals surface area contributed by atoms with Crippen LogP contribution in [0.15, 0.2) is 18.2 Å². The Hall–Kier alpha value is -1.91. The number of carbonyl (C=O) groups excluding carboxylic acids is 1. The van der Waals surface area contributed by atoms with Crippen LogP contribution in [-0.2, 0) is 4.74 Å². The van der Waals surface area contributed by atoms with E-state index in [0.29, 0.717) is 11.4 Å². The van der Waals surface area contributed by atoms with Crippen molar-refractivity contribution in [1.29, 1.82) is 0 Å². The number of hydrogen-bond donors (Lipinski definition) is 1. The summed E-state index contributed by atoms with van der Waals surface area (Å²) in [7, 11) is 2.93. The van der Waals surface area contributed by atoms with E-state index in [2.05, 4.69) is 15.0 Å². The highest BCUT2D eigenvalue weighted by atomic mass is 16.5. The van der Waals surface area contributed by atoms with Crippen molar-refractivity contribution in [3.05, 3.63) is 18.2 Å². The number of benzene rings is 1. The third kappa shape index (κ3) is 3.30. The van der Waals surface area contributed by atoms with Crippen LogP contribution >= 0.6 is 0 Å². The number of hydrogen-bond acceptors (Lipinski definition) is 4. The van der Waals surface area contributed by atoms with Crippen molar-refractivity contribution in [3.8, 4) is 5.75 Å². The summed E-state index contributed by atoms with van der Waals surface area (Å²) in [5.74, 6) is 0.631. The molecule has 5 heteroatoms. The van der Waals surface area contributed by atoms with Crippen LogP contribution in [0.2, 0.25) is 0 Å². The Labute approximate surface area is 113 Å². The van der Waals surface area contributed by atoms with Crippen molar-refractivity contribution >= 4 is 17.5 Å². The molecule has 1 fully saturated rings. The molecule has 0 atom stereocenters. The molecule has 0 aliphatic carbocycles. The van der Waals surface area contributed by atoms with Crippen LogP contribution in [0.4, 0.5) is 16.2 Å². The molecule has 0 aromatic heterocycles. The van der Waals surface area contributed by atoms with Gasteiger partial charge in [0.1, 0.15) is 5.75 Å². The van der Waals surface area contributed by atoms with Gasteiger partial charge in [-0.25, -0.2) is 4.79 Å². The molecule has 1 aliphatic rings. The lowest BCUT2D eigenvalue weighted by Gasteiger charge is -2.29. The second-order valence-corrected chi connectivity index (χ2v) is 4.55. The summed E-state index contributed by atoms with van der Waals surface area (Å²) in [4.78, 5) is 13.7. The monoisotopic (exact) mass is 264 g/mol. The van der Waals surface area contributed by atoms with E-state index in [-0.39, 0.29) is 0 Å². The average Bonchev–Trinajstić information content (AvgIpc) is 2.48. The van der Waals surface area contributed by atoms with E-state index in [1.54, 1.807) is 7.11 Å². The largest absolute Gasteiger partial charge is 0.495 e. The molecule has 1 aromatic carbocycles. The Morgan fingerprint density at radius 3 is 2.58 bits per heavy atom. The maximum Gasteiger partial charge on any atom is 0.411 e. The van der Waals surface area contributed by atoms with E-state index >= 15 is 0 Å². The van der Waals surface area contributed by atoms with Crippen LogP contribution in [0.25, 0.3) is 0 Å². The number of methoxy groups -OCH3 is 2. The van der Waals surface area contributed by atoms with Crippen LogP contribution in [0.5, 0.6) is 5.75 Å². The maximum atomic E-state index is 11.3. The highest BCUT2D eigenvalue weighted by Gasteiger charge is 2.14. The number of ether oxygens (including phenoxy) is 2. The molecule has 5 nitrogen and oxygen atoms in total. The summed E-state index contributed by atoms with van der Waals surface area (Å²) < 4.78 is 9.86. The van der Waals surface area contributed by atoms with Crippen molar-refractivity contribution in [3.63, 3.8) is 0 Å². The van der Waals surface area contributed by atoms with E-state index in [1.165, 1.54) is 26.4 Å². The van der Waals surface area contributed by atoms with E-state index in [1.807, 2.05) is 18.2 Å². The molecule has 1 amide bonds. The van der Waals surface area contributed by atoms with Gasteiger partial charge in [0, 0.05) is 18.8 Å². The van der Waals surface area contributed by atoms with Gasteiger partial charge in [-0.1, -0.05) is 0 Å². The van der Waals surface area contributed by atoms with Crippen molar-refractivity contribution in [2.75, 3.05) is 37.5 Å². The highest BCUT2D eigenvalue weighted by molar-refractivity contribution is 5.87. The van der Waals surface area contributed by atoms with Crippen molar-refractivity contribution < 1.29 is 14.3 Å². The second kappa shape index (κ2) is 6.31. The minimum absolute atomic E-state index is 0.492. The number of nitrogens with one attached hydrogen (secondary N) is 1. The predicted octanol–water partition coefficient (Wildman–Crippen LogP) is 2.86. The van der Waals surface area contributed by atoms with Gasteiger partial charge in [-0.2, -0.15) is 0 Å². The molecule has 0 radical (unpaired) electrons. The number of carbonyl (C=O) groups is 1. The number of rotatable bonds is 3. The molecule has 1 N–H and O–H groups in total.